The van der Waals surface area contributed by atoms with Crippen LogP contribution in [0.4, 0.5) is 5.69 Å². The number of hydrogen-bond donors (Lipinski definition) is 2. The fourth-order valence-corrected chi connectivity index (χ4v) is 3.95. The van der Waals surface area contributed by atoms with Crippen LogP contribution < -0.4 is 15.5 Å². The van der Waals surface area contributed by atoms with Gasteiger partial charge in [-0.2, -0.15) is 0 Å². The molecule has 0 aromatic heterocycles. The molecule has 7 nitrogen and oxygen atoms in total. The fourth-order valence-electron chi connectivity index (χ4n) is 3.95. The van der Waals surface area contributed by atoms with E-state index in [4.69, 9.17) is 0 Å². The number of rotatable bonds is 6. The molecule has 1 atom stereocenters. The Kier molecular flexibility index (Phi) is 6.57. The third-order valence-corrected chi connectivity index (χ3v) is 5.31. The zero-order valence-corrected chi connectivity index (χ0v) is 17.7. The van der Waals surface area contributed by atoms with Gasteiger partial charge in [0.25, 0.3) is 0 Å². The fraction of sp³-hybridized carbons (Fsp3) is 0.591. The number of anilines is 1. The molecule has 3 amide bonds. The quantitative estimate of drug-likeness (QED) is 0.761. The number of carbonyl (C=O) groups is 3. The van der Waals surface area contributed by atoms with E-state index in [1.807, 2.05) is 24.3 Å². The van der Waals surface area contributed by atoms with Gasteiger partial charge >= 0.3 is 0 Å². The molecule has 0 saturated carbocycles. The Hall–Kier alpha value is -2.41. The number of amides is 3. The highest BCUT2D eigenvalue weighted by Gasteiger charge is 2.33. The van der Waals surface area contributed by atoms with Gasteiger partial charge in [0.05, 0.1) is 12.5 Å². The van der Waals surface area contributed by atoms with E-state index in [0.717, 1.165) is 37.3 Å². The molecule has 3 rings (SSSR count). The van der Waals surface area contributed by atoms with Crippen molar-refractivity contribution >= 4 is 23.4 Å². The number of hydrogen-bond acceptors (Lipinski definition) is 4. The first-order chi connectivity index (χ1) is 13.7. The molecule has 1 aromatic carbocycles. The first-order valence-electron chi connectivity index (χ1n) is 10.4. The van der Waals surface area contributed by atoms with Crippen LogP contribution in [-0.4, -0.2) is 54.8 Å². The van der Waals surface area contributed by atoms with Gasteiger partial charge in [-0.15, -0.1) is 0 Å². The van der Waals surface area contributed by atoms with E-state index in [1.54, 1.807) is 4.90 Å². The van der Waals surface area contributed by atoms with E-state index >= 15 is 0 Å². The molecule has 2 heterocycles. The van der Waals surface area contributed by atoms with Crippen molar-refractivity contribution in [1.82, 2.24) is 15.5 Å². The lowest BCUT2D eigenvalue weighted by Gasteiger charge is -2.38. The van der Waals surface area contributed by atoms with Gasteiger partial charge < -0.3 is 15.5 Å². The average molecular weight is 401 g/mol. The first kappa shape index (κ1) is 21.3. The van der Waals surface area contributed by atoms with Crippen LogP contribution in [0.1, 0.15) is 45.6 Å². The van der Waals surface area contributed by atoms with E-state index < -0.39 is 6.04 Å². The van der Waals surface area contributed by atoms with Crippen LogP contribution >= 0.6 is 0 Å². The van der Waals surface area contributed by atoms with Crippen molar-refractivity contribution in [1.29, 1.82) is 0 Å². The Morgan fingerprint density at radius 1 is 1.17 bits per heavy atom. The summed E-state index contributed by atoms with van der Waals surface area (Å²) in [6.45, 7) is 9.73. The minimum absolute atomic E-state index is 0.0603. The molecular weight excluding hydrogens is 368 g/mol. The molecule has 1 aromatic rings. The molecule has 7 heteroatoms. The standard InChI is InChI=1S/C22H32N4O3/c1-22(2,3)15-25-12-10-23-21(29)18(25)13-19(27)24-14-16-6-8-17(9-7-16)26-11-4-5-20(26)28/h6-9,18H,4-5,10-15H2,1-3H3,(H,23,29)(H,24,27). The maximum atomic E-state index is 12.5. The molecule has 2 fully saturated rings. The van der Waals surface area contributed by atoms with Crippen molar-refractivity contribution < 1.29 is 14.4 Å². The molecule has 29 heavy (non-hydrogen) atoms. The van der Waals surface area contributed by atoms with Crippen molar-refractivity contribution in [2.24, 2.45) is 5.41 Å². The lowest BCUT2D eigenvalue weighted by molar-refractivity contribution is -0.134. The molecule has 2 N–H and O–H groups in total. The Morgan fingerprint density at radius 3 is 2.52 bits per heavy atom. The van der Waals surface area contributed by atoms with Crippen LogP contribution in [0.2, 0.25) is 0 Å². The number of nitrogens with zero attached hydrogens (tertiary/aromatic N) is 2. The molecule has 1 unspecified atom stereocenters. The van der Waals surface area contributed by atoms with Gasteiger partial charge in [-0.1, -0.05) is 32.9 Å². The smallest absolute Gasteiger partial charge is 0.237 e. The normalized spacial score (nSPS) is 20.7. The Labute approximate surface area is 172 Å². The van der Waals surface area contributed by atoms with Gasteiger partial charge in [0.15, 0.2) is 0 Å². The summed E-state index contributed by atoms with van der Waals surface area (Å²) < 4.78 is 0. The van der Waals surface area contributed by atoms with Crippen molar-refractivity contribution in [3.63, 3.8) is 0 Å². The van der Waals surface area contributed by atoms with Crippen molar-refractivity contribution in [3.05, 3.63) is 29.8 Å². The summed E-state index contributed by atoms with van der Waals surface area (Å²) in [5.41, 5.74) is 1.93. The average Bonchev–Trinajstić information content (AvgIpc) is 3.08. The second kappa shape index (κ2) is 8.95. The molecule has 0 radical (unpaired) electrons. The van der Waals surface area contributed by atoms with Gasteiger partial charge in [0.2, 0.25) is 17.7 Å². The number of benzene rings is 1. The number of carbonyl (C=O) groups excluding carboxylic acids is 3. The molecular formula is C22H32N4O3. The van der Waals surface area contributed by atoms with Crippen LogP contribution in [0.25, 0.3) is 0 Å². The van der Waals surface area contributed by atoms with E-state index in [2.05, 4.69) is 36.3 Å². The molecule has 0 spiro atoms. The van der Waals surface area contributed by atoms with Gasteiger partial charge in [-0.05, 0) is 29.5 Å². The van der Waals surface area contributed by atoms with Gasteiger partial charge in [0, 0.05) is 44.8 Å². The van der Waals surface area contributed by atoms with Gasteiger partial charge in [-0.25, -0.2) is 0 Å². The SMILES string of the molecule is CC(C)(C)CN1CCNC(=O)C1CC(=O)NCc1ccc(N2CCCC2=O)cc1. The number of nitrogens with one attached hydrogen (secondary N) is 2. The Balaban J connectivity index is 1.53. The van der Waals surface area contributed by atoms with Crippen LogP contribution in [-0.2, 0) is 20.9 Å². The monoisotopic (exact) mass is 400 g/mol. The van der Waals surface area contributed by atoms with E-state index in [-0.39, 0.29) is 29.6 Å². The summed E-state index contributed by atoms with van der Waals surface area (Å²) in [5.74, 6) is -0.0448. The van der Waals surface area contributed by atoms with Gasteiger partial charge in [0.1, 0.15) is 0 Å². The molecule has 0 bridgehead atoms. The Bertz CT molecular complexity index is 754. The highest BCUT2D eigenvalue weighted by Crippen LogP contribution is 2.22. The lowest BCUT2D eigenvalue weighted by Crippen LogP contribution is -2.58. The summed E-state index contributed by atoms with van der Waals surface area (Å²) in [5, 5.41) is 5.79. The van der Waals surface area contributed by atoms with Crippen molar-refractivity contribution in [2.75, 3.05) is 31.1 Å². The molecule has 2 saturated heterocycles. The maximum absolute atomic E-state index is 12.5. The summed E-state index contributed by atoms with van der Waals surface area (Å²) in [7, 11) is 0. The second-order valence-corrected chi connectivity index (χ2v) is 9.13. The summed E-state index contributed by atoms with van der Waals surface area (Å²) in [4.78, 5) is 40.6. The van der Waals surface area contributed by atoms with Crippen LogP contribution in [0.5, 0.6) is 0 Å². The minimum atomic E-state index is -0.425. The highest BCUT2D eigenvalue weighted by molar-refractivity contribution is 5.95. The zero-order valence-electron chi connectivity index (χ0n) is 17.7. The molecule has 2 aliphatic heterocycles. The zero-order chi connectivity index (χ0) is 21.0. The predicted octanol–water partition coefficient (Wildman–Crippen LogP) is 1.67. The largest absolute Gasteiger partial charge is 0.353 e. The summed E-state index contributed by atoms with van der Waals surface area (Å²) in [6, 6.07) is 7.28. The Morgan fingerprint density at radius 2 is 1.90 bits per heavy atom. The maximum Gasteiger partial charge on any atom is 0.237 e. The van der Waals surface area contributed by atoms with Crippen LogP contribution in [0.15, 0.2) is 24.3 Å². The van der Waals surface area contributed by atoms with E-state index in [9.17, 15) is 14.4 Å². The van der Waals surface area contributed by atoms with E-state index in [1.165, 1.54) is 0 Å². The molecule has 158 valence electrons. The number of piperazine rings is 1. The molecule has 0 aliphatic carbocycles. The minimum Gasteiger partial charge on any atom is -0.353 e. The predicted molar refractivity (Wildman–Crippen MR) is 112 cm³/mol. The van der Waals surface area contributed by atoms with Gasteiger partial charge in [-0.3, -0.25) is 19.3 Å². The lowest BCUT2D eigenvalue weighted by atomic mass is 9.94. The summed E-state index contributed by atoms with van der Waals surface area (Å²) in [6.07, 6.45) is 1.67. The van der Waals surface area contributed by atoms with Crippen LogP contribution in [0, 0.1) is 5.41 Å². The van der Waals surface area contributed by atoms with Crippen molar-refractivity contribution in [2.45, 2.75) is 52.6 Å². The second-order valence-electron chi connectivity index (χ2n) is 9.13. The third-order valence-electron chi connectivity index (χ3n) is 5.31. The van der Waals surface area contributed by atoms with E-state index in [0.29, 0.717) is 19.5 Å². The topological polar surface area (TPSA) is 81.8 Å². The first-order valence-corrected chi connectivity index (χ1v) is 10.4. The highest BCUT2D eigenvalue weighted by atomic mass is 16.2. The third kappa shape index (κ3) is 5.79. The van der Waals surface area contributed by atoms with Crippen LogP contribution in [0.3, 0.4) is 0 Å². The molecule has 2 aliphatic rings. The summed E-state index contributed by atoms with van der Waals surface area (Å²) >= 11 is 0. The van der Waals surface area contributed by atoms with Crippen molar-refractivity contribution in [3.8, 4) is 0 Å².